The number of allylic oxidation sites excluding steroid dienone is 3. The Morgan fingerprint density at radius 1 is 1.32 bits per heavy atom. The van der Waals surface area contributed by atoms with Gasteiger partial charge in [0.25, 0.3) is 0 Å². The Balaban J connectivity index is 2.45. The average Bonchev–Trinajstić information content (AvgIpc) is 2.45. The minimum atomic E-state index is -0.308. The second-order valence-corrected chi connectivity index (χ2v) is 4.86. The Morgan fingerprint density at radius 3 is 2.68 bits per heavy atom. The fourth-order valence-corrected chi connectivity index (χ4v) is 1.99. The zero-order valence-corrected chi connectivity index (χ0v) is 12.6. The minimum absolute atomic E-state index is 0.200. The van der Waals surface area contributed by atoms with Crippen LogP contribution in [0.25, 0.3) is 0 Å². The molecule has 0 bridgehead atoms. The summed E-state index contributed by atoms with van der Waals surface area (Å²) in [7, 11) is 1.53. The molecule has 1 aromatic carbocycles. The zero-order chi connectivity index (χ0) is 16.3. The molecule has 0 saturated carbocycles. The van der Waals surface area contributed by atoms with Gasteiger partial charge in [0, 0.05) is 18.7 Å². The first-order valence-corrected chi connectivity index (χ1v) is 6.65. The number of nitrogens with zero attached hydrogens (tertiary/aromatic N) is 1. The molecule has 22 heavy (non-hydrogen) atoms. The fourth-order valence-electron chi connectivity index (χ4n) is 1.99. The Labute approximate surface area is 128 Å². The van der Waals surface area contributed by atoms with Crippen LogP contribution in [0.4, 0.5) is 11.4 Å². The molecule has 1 aromatic rings. The first kappa shape index (κ1) is 15.5. The first-order chi connectivity index (χ1) is 10.4. The topological polar surface area (TPSA) is 93.8 Å². The molecule has 6 nitrogen and oxygen atoms in total. The summed E-state index contributed by atoms with van der Waals surface area (Å²) in [5, 5.41) is 2.50. The molecule has 0 unspecified atom stereocenters. The normalized spacial score (nSPS) is 16.1. The van der Waals surface area contributed by atoms with Crippen LogP contribution in [-0.4, -0.2) is 24.5 Å². The number of hydrogen-bond donors (Lipinski definition) is 2. The van der Waals surface area contributed by atoms with E-state index in [0.717, 1.165) is 0 Å². The van der Waals surface area contributed by atoms with Crippen LogP contribution in [0.5, 0.6) is 5.75 Å². The lowest BCUT2D eigenvalue weighted by Gasteiger charge is -2.13. The number of nitrogens with two attached hydrogens (primary N) is 1. The van der Waals surface area contributed by atoms with Crippen LogP contribution in [0.2, 0.25) is 0 Å². The van der Waals surface area contributed by atoms with Crippen molar-refractivity contribution in [3.63, 3.8) is 0 Å². The summed E-state index contributed by atoms with van der Waals surface area (Å²) in [5.41, 5.74) is 8.36. The highest BCUT2D eigenvalue weighted by Crippen LogP contribution is 2.30. The molecular weight excluding hydrogens is 282 g/mol. The number of nitrogen functional groups attached to an aromatic ring is 1. The second-order valence-electron chi connectivity index (χ2n) is 4.86. The third-order valence-corrected chi connectivity index (χ3v) is 3.05. The lowest BCUT2D eigenvalue weighted by atomic mass is 10.0. The van der Waals surface area contributed by atoms with Crippen molar-refractivity contribution < 1.29 is 14.3 Å². The molecule has 2 rings (SSSR count). The molecule has 0 spiro atoms. The van der Waals surface area contributed by atoms with Crippen molar-refractivity contribution in [3.8, 4) is 5.75 Å². The molecule has 0 radical (unpaired) electrons. The molecule has 1 aliphatic rings. The van der Waals surface area contributed by atoms with E-state index in [1.165, 1.54) is 20.1 Å². The summed E-state index contributed by atoms with van der Waals surface area (Å²) < 4.78 is 5.25. The number of nitrogens with one attached hydrogen (secondary N) is 1. The fraction of sp³-hybridized carbons (Fsp3) is 0.188. The largest absolute Gasteiger partial charge is 0.494 e. The summed E-state index contributed by atoms with van der Waals surface area (Å²) in [4.78, 5) is 27.5. The first-order valence-electron chi connectivity index (χ1n) is 6.65. The van der Waals surface area contributed by atoms with Crippen molar-refractivity contribution in [1.29, 1.82) is 0 Å². The average molecular weight is 299 g/mol. The predicted molar refractivity (Wildman–Crippen MR) is 85.2 cm³/mol. The monoisotopic (exact) mass is 299 g/mol. The van der Waals surface area contributed by atoms with Crippen LogP contribution in [-0.2, 0) is 9.59 Å². The summed E-state index contributed by atoms with van der Waals surface area (Å²) in [6.45, 7) is 3.13. The lowest BCUT2D eigenvalue weighted by Crippen LogP contribution is -2.27. The van der Waals surface area contributed by atoms with E-state index in [2.05, 4.69) is 10.3 Å². The van der Waals surface area contributed by atoms with E-state index in [9.17, 15) is 9.59 Å². The molecule has 0 atom stereocenters. The van der Waals surface area contributed by atoms with Gasteiger partial charge in [-0.15, -0.1) is 0 Å². The van der Waals surface area contributed by atoms with Gasteiger partial charge in [0.05, 0.1) is 18.5 Å². The van der Waals surface area contributed by atoms with Gasteiger partial charge >= 0.3 is 0 Å². The Hall–Kier alpha value is -2.89. The predicted octanol–water partition coefficient (Wildman–Crippen LogP) is 1.90. The van der Waals surface area contributed by atoms with Gasteiger partial charge in [-0.25, -0.2) is 4.99 Å². The number of methoxy groups -OCH3 is 1. The quantitative estimate of drug-likeness (QED) is 0.658. The van der Waals surface area contributed by atoms with E-state index in [1.807, 2.05) is 0 Å². The number of amides is 1. The number of ketones is 1. The summed E-state index contributed by atoms with van der Waals surface area (Å²) in [5.74, 6) is -0.0282. The third kappa shape index (κ3) is 3.41. The highest BCUT2D eigenvalue weighted by Gasteiger charge is 2.17. The van der Waals surface area contributed by atoms with E-state index >= 15 is 0 Å². The Bertz CT molecular complexity index is 730. The van der Waals surface area contributed by atoms with Crippen molar-refractivity contribution in [2.75, 3.05) is 12.8 Å². The highest BCUT2D eigenvalue weighted by molar-refractivity contribution is 6.22. The minimum Gasteiger partial charge on any atom is -0.494 e. The molecule has 0 saturated heterocycles. The summed E-state index contributed by atoms with van der Waals surface area (Å²) in [6.07, 6.45) is 2.99. The molecule has 6 heteroatoms. The van der Waals surface area contributed by atoms with Crippen molar-refractivity contribution in [1.82, 2.24) is 5.32 Å². The van der Waals surface area contributed by atoms with Crippen molar-refractivity contribution in [2.45, 2.75) is 13.8 Å². The number of ether oxygens (including phenoxy) is 1. The van der Waals surface area contributed by atoms with E-state index in [1.54, 1.807) is 31.2 Å². The smallest absolute Gasteiger partial charge is 0.221 e. The van der Waals surface area contributed by atoms with Gasteiger partial charge in [-0.1, -0.05) is 0 Å². The van der Waals surface area contributed by atoms with Crippen LogP contribution < -0.4 is 15.8 Å². The van der Waals surface area contributed by atoms with E-state index < -0.39 is 0 Å². The molecule has 0 fully saturated rings. The van der Waals surface area contributed by atoms with Crippen LogP contribution in [0.15, 0.2) is 46.6 Å². The maximum absolute atomic E-state index is 11.9. The number of anilines is 1. The van der Waals surface area contributed by atoms with Crippen LogP contribution in [0.3, 0.4) is 0 Å². The Kier molecular flexibility index (Phi) is 4.41. The standard InChI is InChI=1S/C16H17N3O3/c1-9-6-15(21)14(18-10(2)20)8-13(9)19-12-5-4-11(17)7-16(12)22-3/h4-8H,17H2,1-3H3,(H,18,20). The molecule has 1 amide bonds. The van der Waals surface area contributed by atoms with E-state index in [0.29, 0.717) is 28.4 Å². The van der Waals surface area contributed by atoms with Gasteiger partial charge in [-0.05, 0) is 36.8 Å². The van der Waals surface area contributed by atoms with Gasteiger partial charge in [0.2, 0.25) is 11.7 Å². The number of carbonyl (C=O) groups is 2. The number of aliphatic imine (C=N–C) groups is 1. The molecule has 0 aliphatic heterocycles. The van der Waals surface area contributed by atoms with Gasteiger partial charge in [-0.3, -0.25) is 9.59 Å². The maximum Gasteiger partial charge on any atom is 0.221 e. The maximum atomic E-state index is 11.9. The van der Waals surface area contributed by atoms with Gasteiger partial charge < -0.3 is 15.8 Å². The number of rotatable bonds is 3. The zero-order valence-electron chi connectivity index (χ0n) is 12.6. The highest BCUT2D eigenvalue weighted by atomic mass is 16.5. The van der Waals surface area contributed by atoms with Gasteiger partial charge in [0.15, 0.2) is 0 Å². The van der Waals surface area contributed by atoms with Crippen molar-refractivity contribution >= 4 is 28.8 Å². The number of carbonyl (C=O) groups excluding carboxylic acids is 2. The lowest BCUT2D eigenvalue weighted by molar-refractivity contribution is -0.120. The number of hydrogen-bond acceptors (Lipinski definition) is 5. The van der Waals surface area contributed by atoms with Gasteiger partial charge in [-0.2, -0.15) is 0 Å². The van der Waals surface area contributed by atoms with Gasteiger partial charge in [0.1, 0.15) is 11.4 Å². The van der Waals surface area contributed by atoms with Crippen molar-refractivity contribution in [3.05, 3.63) is 41.6 Å². The van der Waals surface area contributed by atoms with E-state index in [4.69, 9.17) is 10.5 Å². The third-order valence-electron chi connectivity index (χ3n) is 3.05. The molecule has 0 heterocycles. The molecule has 0 aromatic heterocycles. The molecular formula is C16H17N3O3. The van der Waals surface area contributed by atoms with Crippen LogP contribution in [0, 0.1) is 0 Å². The second kappa shape index (κ2) is 6.26. The molecule has 1 aliphatic carbocycles. The Morgan fingerprint density at radius 2 is 2.05 bits per heavy atom. The van der Waals surface area contributed by atoms with E-state index in [-0.39, 0.29) is 17.4 Å². The SMILES string of the molecule is COc1cc(N)ccc1N=C1C=C(NC(C)=O)C(=O)C=C1C. The van der Waals surface area contributed by atoms with Crippen molar-refractivity contribution in [2.24, 2.45) is 4.99 Å². The van der Waals surface area contributed by atoms with Crippen LogP contribution in [0.1, 0.15) is 13.8 Å². The summed E-state index contributed by atoms with van der Waals surface area (Å²) >= 11 is 0. The molecule has 114 valence electrons. The molecule has 3 N–H and O–H groups in total. The number of benzene rings is 1. The van der Waals surface area contributed by atoms with Crippen LogP contribution >= 0.6 is 0 Å². The summed E-state index contributed by atoms with van der Waals surface area (Å²) in [6, 6.07) is 5.12.